The van der Waals surface area contributed by atoms with Crippen LogP contribution in [0.15, 0.2) is 53.4 Å². The number of fused-ring (bicyclic) bond motifs is 1. The minimum atomic E-state index is -3.74. The Hall–Kier alpha value is -2.71. The number of benzene rings is 2. The lowest BCUT2D eigenvalue weighted by Gasteiger charge is -2.22. The third-order valence-electron chi connectivity index (χ3n) is 5.72. The van der Waals surface area contributed by atoms with Crippen molar-refractivity contribution in [2.75, 3.05) is 11.4 Å². The van der Waals surface area contributed by atoms with Crippen molar-refractivity contribution in [3.63, 3.8) is 0 Å². The van der Waals surface area contributed by atoms with Gasteiger partial charge in [0.05, 0.1) is 4.90 Å². The molecule has 2 aliphatic rings. The number of carbonyl (C=O) groups excluding carboxylic acids is 2. The predicted molar refractivity (Wildman–Crippen MR) is 118 cm³/mol. The minimum absolute atomic E-state index is 0.0166. The van der Waals surface area contributed by atoms with Crippen LogP contribution in [0.2, 0.25) is 0 Å². The van der Waals surface area contributed by atoms with Gasteiger partial charge in [-0.3, -0.25) is 9.59 Å². The number of anilines is 1. The van der Waals surface area contributed by atoms with Crippen LogP contribution in [-0.4, -0.2) is 32.8 Å². The Morgan fingerprint density at radius 1 is 1.10 bits per heavy atom. The Morgan fingerprint density at radius 2 is 1.84 bits per heavy atom. The quantitative estimate of drug-likeness (QED) is 0.657. The van der Waals surface area contributed by atoms with Crippen LogP contribution >= 0.6 is 0 Å². The van der Waals surface area contributed by atoms with Gasteiger partial charge in [-0.1, -0.05) is 30.3 Å². The molecule has 2 aromatic rings. The second-order valence-corrected chi connectivity index (χ2v) is 10.0. The van der Waals surface area contributed by atoms with Crippen LogP contribution < -0.4 is 14.9 Å². The topological polar surface area (TPSA) is 95.6 Å². The number of carbonyl (C=O) groups is 2. The molecule has 4 rings (SSSR count). The van der Waals surface area contributed by atoms with Gasteiger partial charge in [0, 0.05) is 37.2 Å². The molecular formula is C23H27N3O4S. The Kier molecular flexibility index (Phi) is 6.11. The normalized spacial score (nSPS) is 18.0. The van der Waals surface area contributed by atoms with Gasteiger partial charge >= 0.3 is 0 Å². The molecule has 1 aliphatic carbocycles. The first-order valence-electron chi connectivity index (χ1n) is 10.6. The van der Waals surface area contributed by atoms with Crippen LogP contribution in [0.25, 0.3) is 0 Å². The number of rotatable bonds is 8. The molecule has 1 atom stereocenters. The minimum Gasteiger partial charge on any atom is -0.352 e. The number of nitrogens with one attached hydrogen (secondary N) is 2. The van der Waals surface area contributed by atoms with E-state index in [1.807, 2.05) is 42.2 Å². The van der Waals surface area contributed by atoms with E-state index in [2.05, 4.69) is 10.0 Å². The zero-order valence-corrected chi connectivity index (χ0v) is 18.3. The SMILES string of the molecule is CC1Cc2cc(S(=O)(=O)NCCC(=O)NCc3ccccc3)ccc2N1C(=O)C1CC1. The highest BCUT2D eigenvalue weighted by atomic mass is 32.2. The van der Waals surface area contributed by atoms with Crippen LogP contribution in [0.4, 0.5) is 5.69 Å². The maximum Gasteiger partial charge on any atom is 0.240 e. The van der Waals surface area contributed by atoms with Crippen LogP contribution in [0.3, 0.4) is 0 Å². The number of amides is 2. The average Bonchev–Trinajstić information content (AvgIpc) is 3.54. The van der Waals surface area contributed by atoms with Gasteiger partial charge in [-0.05, 0) is 55.5 Å². The summed E-state index contributed by atoms with van der Waals surface area (Å²) in [6.45, 7) is 2.41. The van der Waals surface area contributed by atoms with E-state index in [9.17, 15) is 18.0 Å². The van der Waals surface area contributed by atoms with Crippen molar-refractivity contribution in [2.24, 2.45) is 5.92 Å². The molecule has 1 heterocycles. The van der Waals surface area contributed by atoms with Crippen molar-refractivity contribution in [3.05, 3.63) is 59.7 Å². The number of hydrogen-bond acceptors (Lipinski definition) is 4. The van der Waals surface area contributed by atoms with Crippen molar-refractivity contribution in [1.82, 2.24) is 10.0 Å². The lowest BCUT2D eigenvalue weighted by Crippen LogP contribution is -2.36. The van der Waals surface area contributed by atoms with Gasteiger partial charge in [-0.2, -0.15) is 0 Å². The van der Waals surface area contributed by atoms with E-state index in [1.54, 1.807) is 12.1 Å². The van der Waals surface area contributed by atoms with Gasteiger partial charge in [0.2, 0.25) is 21.8 Å². The maximum absolute atomic E-state index is 12.7. The van der Waals surface area contributed by atoms with E-state index >= 15 is 0 Å². The van der Waals surface area contributed by atoms with Crippen molar-refractivity contribution >= 4 is 27.5 Å². The summed E-state index contributed by atoms with van der Waals surface area (Å²) in [5.41, 5.74) is 2.66. The number of hydrogen-bond donors (Lipinski definition) is 2. The van der Waals surface area contributed by atoms with Gasteiger partial charge in [0.15, 0.2) is 0 Å². The third kappa shape index (κ3) is 4.97. The first kappa shape index (κ1) is 21.5. The molecule has 31 heavy (non-hydrogen) atoms. The fraction of sp³-hybridized carbons (Fsp3) is 0.391. The molecule has 2 N–H and O–H groups in total. The van der Waals surface area contributed by atoms with Crippen LogP contribution in [0.1, 0.15) is 37.3 Å². The summed E-state index contributed by atoms with van der Waals surface area (Å²) in [6.07, 6.45) is 2.57. The van der Waals surface area contributed by atoms with Gasteiger partial charge in [-0.15, -0.1) is 0 Å². The number of sulfonamides is 1. The maximum atomic E-state index is 12.7. The molecule has 164 valence electrons. The molecule has 0 spiro atoms. The largest absolute Gasteiger partial charge is 0.352 e. The Bertz CT molecular complexity index is 1080. The summed E-state index contributed by atoms with van der Waals surface area (Å²) < 4.78 is 27.9. The van der Waals surface area contributed by atoms with Crippen molar-refractivity contribution in [2.45, 2.75) is 50.1 Å². The molecule has 1 fully saturated rings. The third-order valence-corrected chi connectivity index (χ3v) is 7.18. The zero-order chi connectivity index (χ0) is 22.0. The van der Waals surface area contributed by atoms with E-state index < -0.39 is 10.0 Å². The van der Waals surface area contributed by atoms with E-state index in [0.29, 0.717) is 13.0 Å². The van der Waals surface area contributed by atoms with Crippen molar-refractivity contribution in [3.8, 4) is 0 Å². The summed E-state index contributed by atoms with van der Waals surface area (Å²) in [5, 5.41) is 2.78. The smallest absolute Gasteiger partial charge is 0.240 e. The second-order valence-electron chi connectivity index (χ2n) is 8.24. The fourth-order valence-electron chi connectivity index (χ4n) is 3.90. The molecule has 2 aromatic carbocycles. The number of nitrogens with zero attached hydrogens (tertiary/aromatic N) is 1. The molecule has 8 heteroatoms. The van der Waals surface area contributed by atoms with E-state index in [1.165, 1.54) is 6.07 Å². The Balaban J connectivity index is 1.33. The van der Waals surface area contributed by atoms with Gasteiger partial charge in [0.25, 0.3) is 0 Å². The summed E-state index contributed by atoms with van der Waals surface area (Å²) in [5.74, 6) is 0.0385. The molecule has 1 saturated carbocycles. The molecule has 0 radical (unpaired) electrons. The summed E-state index contributed by atoms with van der Waals surface area (Å²) in [4.78, 5) is 26.5. The lowest BCUT2D eigenvalue weighted by molar-refractivity contribution is -0.121. The molecule has 0 bridgehead atoms. The average molecular weight is 442 g/mol. The van der Waals surface area contributed by atoms with Gasteiger partial charge in [-0.25, -0.2) is 13.1 Å². The predicted octanol–water partition coefficient (Wildman–Crippen LogP) is 2.36. The Labute approximate surface area is 182 Å². The van der Waals surface area contributed by atoms with Crippen LogP contribution in [0.5, 0.6) is 0 Å². The molecule has 1 aliphatic heterocycles. The highest BCUT2D eigenvalue weighted by Crippen LogP contribution is 2.39. The zero-order valence-electron chi connectivity index (χ0n) is 17.5. The molecule has 0 saturated heterocycles. The van der Waals surface area contributed by atoms with Crippen molar-refractivity contribution in [1.29, 1.82) is 0 Å². The summed E-state index contributed by atoms with van der Waals surface area (Å²) in [7, 11) is -3.74. The van der Waals surface area contributed by atoms with Gasteiger partial charge < -0.3 is 10.2 Å². The van der Waals surface area contributed by atoms with E-state index in [4.69, 9.17) is 0 Å². The van der Waals surface area contributed by atoms with Gasteiger partial charge in [0.1, 0.15) is 0 Å². The van der Waals surface area contributed by atoms with E-state index in [-0.39, 0.29) is 41.6 Å². The van der Waals surface area contributed by atoms with Crippen LogP contribution in [0, 0.1) is 5.92 Å². The standard InChI is InChI=1S/C23H27N3O4S/c1-16-13-19-14-20(9-10-21(19)26(16)23(28)18-7-8-18)31(29,30)25-12-11-22(27)24-15-17-5-3-2-4-6-17/h2-6,9-10,14,16,18,25H,7-8,11-13,15H2,1H3,(H,24,27). The first-order chi connectivity index (χ1) is 14.8. The monoisotopic (exact) mass is 441 g/mol. The molecule has 1 unspecified atom stereocenters. The lowest BCUT2D eigenvalue weighted by atomic mass is 10.1. The summed E-state index contributed by atoms with van der Waals surface area (Å²) >= 11 is 0. The van der Waals surface area contributed by atoms with Crippen LogP contribution in [-0.2, 0) is 32.6 Å². The highest BCUT2D eigenvalue weighted by Gasteiger charge is 2.39. The fourth-order valence-corrected chi connectivity index (χ4v) is 4.99. The Morgan fingerprint density at radius 3 is 2.55 bits per heavy atom. The molecular weight excluding hydrogens is 414 g/mol. The summed E-state index contributed by atoms with van der Waals surface area (Å²) in [6, 6.07) is 14.5. The van der Waals surface area contributed by atoms with Crippen molar-refractivity contribution < 1.29 is 18.0 Å². The molecule has 0 aromatic heterocycles. The first-order valence-corrected chi connectivity index (χ1v) is 12.1. The highest BCUT2D eigenvalue weighted by molar-refractivity contribution is 7.89. The van der Waals surface area contributed by atoms with E-state index in [0.717, 1.165) is 29.7 Å². The second kappa shape index (κ2) is 8.80. The molecule has 7 nitrogen and oxygen atoms in total. The molecule has 2 amide bonds.